The van der Waals surface area contributed by atoms with Gasteiger partial charge < -0.3 is 10.6 Å². The molecule has 1 aliphatic rings. The van der Waals surface area contributed by atoms with Gasteiger partial charge in [-0.2, -0.15) is 5.10 Å². The van der Waals surface area contributed by atoms with Crippen LogP contribution in [0, 0.1) is 0 Å². The van der Waals surface area contributed by atoms with E-state index in [1.54, 1.807) is 0 Å². The monoisotopic (exact) mass is 290 g/mol. The predicted molar refractivity (Wildman–Crippen MR) is 84.2 cm³/mol. The number of hydrogen-bond donors (Lipinski definition) is 2. The first kappa shape index (κ1) is 12.6. The van der Waals surface area contributed by atoms with Crippen LogP contribution in [-0.4, -0.2) is 15.6 Å². The Labute approximate surface area is 127 Å². The number of carbonyl (C=O) groups excluding carboxylic acids is 1. The highest BCUT2D eigenvalue weighted by atomic mass is 16.2. The van der Waals surface area contributed by atoms with E-state index in [1.807, 2.05) is 59.4 Å². The van der Waals surface area contributed by atoms with Gasteiger partial charge in [-0.05, 0) is 23.3 Å². The first-order valence-corrected chi connectivity index (χ1v) is 7.01. The maximum absolute atomic E-state index is 11.3. The van der Waals surface area contributed by atoms with E-state index in [-0.39, 0.29) is 12.1 Å². The molecule has 0 radical (unpaired) electrons. The van der Waals surface area contributed by atoms with Gasteiger partial charge in [0.15, 0.2) is 0 Å². The number of amides is 2. The predicted octanol–water partition coefficient (Wildman–Crippen LogP) is 2.87. The minimum Gasteiger partial charge on any atom is -0.325 e. The van der Waals surface area contributed by atoms with Crippen LogP contribution in [-0.2, 0) is 0 Å². The lowest BCUT2D eigenvalue weighted by Gasteiger charge is -2.11. The van der Waals surface area contributed by atoms with Gasteiger partial charge in [-0.25, -0.2) is 9.31 Å². The lowest BCUT2D eigenvalue weighted by Crippen LogP contribution is -2.21. The Hall–Kier alpha value is -3.08. The zero-order valence-electron chi connectivity index (χ0n) is 11.8. The fraction of sp³-hybridized carbons (Fsp3) is 0.0588. The second-order valence-electron chi connectivity index (χ2n) is 5.27. The topological polar surface area (TPSA) is 58.4 Å². The molecule has 22 heavy (non-hydrogen) atoms. The first-order valence-electron chi connectivity index (χ1n) is 7.01. The molecule has 2 aromatic heterocycles. The van der Waals surface area contributed by atoms with Crippen LogP contribution in [0.3, 0.4) is 0 Å². The van der Waals surface area contributed by atoms with Crippen LogP contribution in [0.4, 0.5) is 4.79 Å². The molecule has 3 heterocycles. The molecule has 5 heteroatoms. The summed E-state index contributed by atoms with van der Waals surface area (Å²) in [5.41, 5.74) is 4.92. The number of aromatic nitrogens is 2. The van der Waals surface area contributed by atoms with E-state index >= 15 is 0 Å². The molecule has 108 valence electrons. The number of pyridine rings is 1. The molecule has 3 aromatic rings. The molecule has 5 nitrogen and oxygen atoms in total. The molecule has 1 saturated heterocycles. The van der Waals surface area contributed by atoms with Gasteiger partial charge >= 0.3 is 6.03 Å². The van der Waals surface area contributed by atoms with Crippen molar-refractivity contribution in [1.82, 2.24) is 20.2 Å². The molecule has 2 N–H and O–H groups in total. The van der Waals surface area contributed by atoms with Crippen LogP contribution in [0.5, 0.6) is 0 Å². The summed E-state index contributed by atoms with van der Waals surface area (Å²) in [6.45, 7) is 3.87. The van der Waals surface area contributed by atoms with Gasteiger partial charge in [0.05, 0.1) is 17.8 Å². The number of nitrogens with one attached hydrogen (secondary N) is 2. The standard InChI is InChI=1S/C17H14N4O/c1-11-16(20-17(22)19-11)13-7-5-12(6-8-13)14-10-18-21-9-3-2-4-15(14)21/h2-10,16H,1H2,(H2,19,20,22). The third kappa shape index (κ3) is 1.95. The van der Waals surface area contributed by atoms with Gasteiger partial charge in [0.2, 0.25) is 0 Å². The zero-order valence-corrected chi connectivity index (χ0v) is 11.8. The normalized spacial score (nSPS) is 17.5. The van der Waals surface area contributed by atoms with Crippen molar-refractivity contribution < 1.29 is 4.79 Å². The molecule has 1 atom stereocenters. The molecular weight excluding hydrogens is 276 g/mol. The van der Waals surface area contributed by atoms with E-state index in [4.69, 9.17) is 0 Å². The molecule has 4 rings (SSSR count). The molecule has 1 aliphatic heterocycles. The van der Waals surface area contributed by atoms with Crippen LogP contribution in [0.15, 0.2) is 67.1 Å². The summed E-state index contributed by atoms with van der Waals surface area (Å²) in [5.74, 6) is 0. The Bertz CT molecular complexity index is 879. The molecule has 1 aromatic carbocycles. The first-order chi connectivity index (χ1) is 10.7. The fourth-order valence-corrected chi connectivity index (χ4v) is 2.77. The zero-order chi connectivity index (χ0) is 15.1. The van der Waals surface area contributed by atoms with E-state index in [0.29, 0.717) is 5.70 Å². The number of carbonyl (C=O) groups is 1. The highest BCUT2D eigenvalue weighted by molar-refractivity contribution is 5.81. The lowest BCUT2D eigenvalue weighted by atomic mass is 10.0. The van der Waals surface area contributed by atoms with E-state index in [2.05, 4.69) is 22.3 Å². The number of benzene rings is 1. The van der Waals surface area contributed by atoms with Crippen molar-refractivity contribution >= 4 is 11.5 Å². The van der Waals surface area contributed by atoms with Crippen molar-refractivity contribution in [3.63, 3.8) is 0 Å². The average molecular weight is 290 g/mol. The van der Waals surface area contributed by atoms with E-state index < -0.39 is 0 Å². The Kier molecular flexibility index (Phi) is 2.72. The summed E-state index contributed by atoms with van der Waals surface area (Å²) < 4.78 is 1.85. The fourth-order valence-electron chi connectivity index (χ4n) is 2.77. The minimum atomic E-state index is -0.207. The van der Waals surface area contributed by atoms with Crippen LogP contribution >= 0.6 is 0 Å². The van der Waals surface area contributed by atoms with Crippen LogP contribution in [0.1, 0.15) is 11.6 Å². The third-order valence-corrected chi connectivity index (χ3v) is 3.88. The highest BCUT2D eigenvalue weighted by Gasteiger charge is 2.25. The van der Waals surface area contributed by atoms with Gasteiger partial charge in [0, 0.05) is 17.5 Å². The number of rotatable bonds is 2. The van der Waals surface area contributed by atoms with Gasteiger partial charge in [-0.1, -0.05) is 36.9 Å². The summed E-state index contributed by atoms with van der Waals surface area (Å²) in [5, 5.41) is 9.86. The molecule has 0 aliphatic carbocycles. The molecular formula is C17H14N4O. The smallest absolute Gasteiger partial charge is 0.319 e. The quantitative estimate of drug-likeness (QED) is 0.762. The summed E-state index contributed by atoms with van der Waals surface area (Å²) in [7, 11) is 0. The van der Waals surface area contributed by atoms with E-state index in [1.165, 1.54) is 0 Å². The molecule has 2 amide bonds. The maximum atomic E-state index is 11.3. The minimum absolute atomic E-state index is 0.176. The van der Waals surface area contributed by atoms with Crippen LogP contribution in [0.25, 0.3) is 16.6 Å². The third-order valence-electron chi connectivity index (χ3n) is 3.88. The summed E-state index contributed by atoms with van der Waals surface area (Å²) >= 11 is 0. The molecule has 0 bridgehead atoms. The van der Waals surface area contributed by atoms with Crippen molar-refractivity contribution in [2.45, 2.75) is 6.04 Å². The van der Waals surface area contributed by atoms with Gasteiger partial charge in [0.25, 0.3) is 0 Å². The van der Waals surface area contributed by atoms with Crippen molar-refractivity contribution in [3.05, 3.63) is 72.7 Å². The second kappa shape index (κ2) is 4.73. The Balaban J connectivity index is 1.70. The Morgan fingerprint density at radius 3 is 2.68 bits per heavy atom. The van der Waals surface area contributed by atoms with Gasteiger partial charge in [-0.15, -0.1) is 0 Å². The summed E-state index contributed by atoms with van der Waals surface area (Å²) in [6.07, 6.45) is 3.79. The van der Waals surface area contributed by atoms with Crippen LogP contribution in [0.2, 0.25) is 0 Å². The second-order valence-corrected chi connectivity index (χ2v) is 5.27. The van der Waals surface area contributed by atoms with Crippen molar-refractivity contribution in [2.24, 2.45) is 0 Å². The number of nitrogens with zero attached hydrogens (tertiary/aromatic N) is 2. The summed E-state index contributed by atoms with van der Waals surface area (Å²) in [4.78, 5) is 11.3. The lowest BCUT2D eigenvalue weighted by molar-refractivity contribution is 0.247. The molecule has 0 saturated carbocycles. The average Bonchev–Trinajstić information content (AvgIpc) is 3.10. The number of hydrogen-bond acceptors (Lipinski definition) is 2. The number of urea groups is 1. The van der Waals surface area contributed by atoms with Crippen molar-refractivity contribution in [3.8, 4) is 11.1 Å². The van der Waals surface area contributed by atoms with Crippen LogP contribution < -0.4 is 10.6 Å². The van der Waals surface area contributed by atoms with Crippen molar-refractivity contribution in [1.29, 1.82) is 0 Å². The number of fused-ring (bicyclic) bond motifs is 1. The molecule has 0 spiro atoms. The van der Waals surface area contributed by atoms with E-state index in [9.17, 15) is 4.79 Å². The van der Waals surface area contributed by atoms with E-state index in [0.717, 1.165) is 22.2 Å². The highest BCUT2D eigenvalue weighted by Crippen LogP contribution is 2.28. The maximum Gasteiger partial charge on any atom is 0.319 e. The van der Waals surface area contributed by atoms with Crippen molar-refractivity contribution in [2.75, 3.05) is 0 Å². The summed E-state index contributed by atoms with van der Waals surface area (Å²) in [6, 6.07) is 13.7. The largest absolute Gasteiger partial charge is 0.325 e. The Morgan fingerprint density at radius 2 is 1.95 bits per heavy atom. The van der Waals surface area contributed by atoms with Gasteiger partial charge in [-0.3, -0.25) is 0 Å². The molecule has 1 unspecified atom stereocenters. The molecule has 1 fully saturated rings. The Morgan fingerprint density at radius 1 is 1.14 bits per heavy atom. The SMILES string of the molecule is C=C1NC(=O)NC1c1ccc(-c2cnn3ccccc23)cc1. The van der Waals surface area contributed by atoms with Gasteiger partial charge in [0.1, 0.15) is 0 Å².